The number of imidazole rings is 1. The fraction of sp³-hybridized carbons (Fsp3) is 0.167. The Kier molecular flexibility index (Phi) is 5.80. The molecule has 3 aromatic carbocycles. The number of fused-ring (bicyclic) bond motifs is 1. The van der Waals surface area contributed by atoms with Gasteiger partial charge in [0.1, 0.15) is 5.82 Å². The molecule has 1 atom stereocenters. The summed E-state index contributed by atoms with van der Waals surface area (Å²) in [5, 5.41) is 4.27. The maximum Gasteiger partial charge on any atom is 0.251 e. The van der Waals surface area contributed by atoms with Gasteiger partial charge < -0.3 is 9.88 Å². The van der Waals surface area contributed by atoms with Crippen LogP contribution in [0.4, 0.5) is 0 Å². The Bertz CT molecular complexity index is 1210. The molecule has 1 unspecified atom stereocenters. The minimum absolute atomic E-state index is 0.138. The van der Waals surface area contributed by atoms with Crippen LogP contribution in [0.5, 0.6) is 0 Å². The van der Waals surface area contributed by atoms with Crippen molar-refractivity contribution in [1.29, 1.82) is 0 Å². The Labute approximate surface area is 185 Å². The molecule has 0 aliphatic carbocycles. The van der Waals surface area contributed by atoms with Crippen molar-refractivity contribution in [3.8, 4) is 0 Å². The van der Waals surface area contributed by atoms with Crippen molar-refractivity contribution in [2.75, 3.05) is 0 Å². The SMILES string of the molecule is Cc1cccc(C(=O)NC(C)c2nc3ccccc3n2Cc2c(Cl)cccc2Cl)c1. The number of halogens is 2. The lowest BCUT2D eigenvalue weighted by Crippen LogP contribution is -2.29. The maximum atomic E-state index is 12.8. The van der Waals surface area contributed by atoms with Crippen molar-refractivity contribution in [3.05, 3.63) is 99.3 Å². The average Bonchev–Trinajstić information content (AvgIpc) is 3.09. The van der Waals surface area contributed by atoms with Crippen molar-refractivity contribution in [1.82, 2.24) is 14.9 Å². The van der Waals surface area contributed by atoms with Gasteiger partial charge in [-0.05, 0) is 50.2 Å². The summed E-state index contributed by atoms with van der Waals surface area (Å²) in [6, 6.07) is 20.6. The molecule has 30 heavy (non-hydrogen) atoms. The van der Waals surface area contributed by atoms with E-state index < -0.39 is 0 Å². The molecule has 0 bridgehead atoms. The van der Waals surface area contributed by atoms with E-state index in [-0.39, 0.29) is 11.9 Å². The first-order valence-corrected chi connectivity index (χ1v) is 10.4. The van der Waals surface area contributed by atoms with E-state index in [4.69, 9.17) is 28.2 Å². The lowest BCUT2D eigenvalue weighted by molar-refractivity contribution is 0.0937. The first kappa shape index (κ1) is 20.5. The van der Waals surface area contributed by atoms with Gasteiger partial charge in [-0.2, -0.15) is 0 Å². The zero-order valence-electron chi connectivity index (χ0n) is 16.7. The Balaban J connectivity index is 1.71. The van der Waals surface area contributed by atoms with Gasteiger partial charge in [0.25, 0.3) is 5.91 Å². The number of aryl methyl sites for hydroxylation is 1. The topological polar surface area (TPSA) is 46.9 Å². The van der Waals surface area contributed by atoms with Gasteiger partial charge in [0, 0.05) is 21.2 Å². The summed E-state index contributed by atoms with van der Waals surface area (Å²) < 4.78 is 2.06. The predicted molar refractivity (Wildman–Crippen MR) is 122 cm³/mol. The number of carbonyl (C=O) groups excluding carboxylic acids is 1. The van der Waals surface area contributed by atoms with E-state index in [0.717, 1.165) is 28.0 Å². The molecule has 1 N–H and O–H groups in total. The molecule has 0 fully saturated rings. The Morgan fingerprint density at radius 2 is 1.73 bits per heavy atom. The predicted octanol–water partition coefficient (Wildman–Crippen LogP) is 6.19. The molecule has 0 saturated carbocycles. The number of benzene rings is 3. The van der Waals surface area contributed by atoms with Crippen LogP contribution in [0.3, 0.4) is 0 Å². The molecule has 1 aromatic heterocycles. The van der Waals surface area contributed by atoms with Gasteiger partial charge in [-0.3, -0.25) is 4.79 Å². The van der Waals surface area contributed by atoms with E-state index in [2.05, 4.69) is 9.88 Å². The average molecular weight is 438 g/mol. The molecule has 1 amide bonds. The molecule has 152 valence electrons. The zero-order chi connectivity index (χ0) is 21.3. The molecule has 0 aliphatic heterocycles. The van der Waals surface area contributed by atoms with Gasteiger partial charge in [0.2, 0.25) is 0 Å². The lowest BCUT2D eigenvalue weighted by Gasteiger charge is -2.18. The summed E-state index contributed by atoms with van der Waals surface area (Å²) >= 11 is 12.8. The second-order valence-electron chi connectivity index (χ2n) is 7.31. The first-order chi connectivity index (χ1) is 14.4. The quantitative estimate of drug-likeness (QED) is 0.404. The molecular weight excluding hydrogens is 417 g/mol. The molecule has 1 heterocycles. The summed E-state index contributed by atoms with van der Waals surface area (Å²) in [5.41, 5.74) is 4.30. The van der Waals surface area contributed by atoms with Crippen LogP contribution in [0.25, 0.3) is 11.0 Å². The second-order valence-corrected chi connectivity index (χ2v) is 8.12. The molecule has 0 aliphatic rings. The van der Waals surface area contributed by atoms with Crippen molar-refractivity contribution in [2.24, 2.45) is 0 Å². The van der Waals surface area contributed by atoms with Crippen molar-refractivity contribution < 1.29 is 4.79 Å². The molecular formula is C24H21Cl2N3O. The smallest absolute Gasteiger partial charge is 0.251 e. The molecule has 0 spiro atoms. The highest BCUT2D eigenvalue weighted by atomic mass is 35.5. The molecule has 6 heteroatoms. The molecule has 0 radical (unpaired) electrons. The summed E-state index contributed by atoms with van der Waals surface area (Å²) in [6.07, 6.45) is 0. The van der Waals surface area contributed by atoms with E-state index in [1.165, 1.54) is 0 Å². The van der Waals surface area contributed by atoms with Crippen LogP contribution in [-0.2, 0) is 6.54 Å². The van der Waals surface area contributed by atoms with Crippen LogP contribution in [0.15, 0.2) is 66.7 Å². The van der Waals surface area contributed by atoms with Crippen LogP contribution in [0, 0.1) is 6.92 Å². The van der Waals surface area contributed by atoms with Gasteiger partial charge in [-0.25, -0.2) is 4.98 Å². The summed E-state index contributed by atoms with van der Waals surface area (Å²) in [7, 11) is 0. The highest BCUT2D eigenvalue weighted by Gasteiger charge is 2.20. The maximum absolute atomic E-state index is 12.8. The lowest BCUT2D eigenvalue weighted by atomic mass is 10.1. The van der Waals surface area contributed by atoms with Crippen LogP contribution in [-0.4, -0.2) is 15.5 Å². The Morgan fingerprint density at radius 3 is 2.47 bits per heavy atom. The summed E-state index contributed by atoms with van der Waals surface area (Å²) in [4.78, 5) is 17.6. The van der Waals surface area contributed by atoms with Crippen molar-refractivity contribution in [2.45, 2.75) is 26.4 Å². The van der Waals surface area contributed by atoms with Gasteiger partial charge >= 0.3 is 0 Å². The number of carbonyl (C=O) groups is 1. The number of hydrogen-bond acceptors (Lipinski definition) is 2. The minimum atomic E-state index is -0.313. The Morgan fingerprint density at radius 1 is 1.03 bits per heavy atom. The number of aromatic nitrogens is 2. The zero-order valence-corrected chi connectivity index (χ0v) is 18.2. The van der Waals surface area contributed by atoms with E-state index >= 15 is 0 Å². The fourth-order valence-corrected chi connectivity index (χ4v) is 4.08. The second kappa shape index (κ2) is 8.50. The van der Waals surface area contributed by atoms with Gasteiger partial charge in [0.15, 0.2) is 0 Å². The number of nitrogens with zero attached hydrogens (tertiary/aromatic N) is 2. The fourth-order valence-electron chi connectivity index (χ4n) is 3.56. The van der Waals surface area contributed by atoms with E-state index in [0.29, 0.717) is 22.2 Å². The first-order valence-electron chi connectivity index (χ1n) is 9.69. The van der Waals surface area contributed by atoms with E-state index in [1.807, 2.05) is 80.6 Å². The van der Waals surface area contributed by atoms with Gasteiger partial charge in [-0.15, -0.1) is 0 Å². The monoisotopic (exact) mass is 437 g/mol. The number of para-hydroxylation sites is 2. The molecule has 4 rings (SSSR count). The summed E-state index contributed by atoms with van der Waals surface area (Å²) in [6.45, 7) is 4.35. The van der Waals surface area contributed by atoms with E-state index in [9.17, 15) is 4.79 Å². The van der Waals surface area contributed by atoms with Gasteiger partial charge in [-0.1, -0.05) is 59.1 Å². The standard InChI is InChI=1S/C24H21Cl2N3O/c1-15-7-5-8-17(13-15)24(30)27-16(2)23-28-21-11-3-4-12-22(21)29(23)14-18-19(25)9-6-10-20(18)26/h3-13,16H,14H2,1-2H3,(H,27,30). The molecule has 4 nitrogen and oxygen atoms in total. The summed E-state index contributed by atoms with van der Waals surface area (Å²) in [5.74, 6) is 0.605. The van der Waals surface area contributed by atoms with Crippen LogP contribution < -0.4 is 5.32 Å². The molecule has 4 aromatic rings. The van der Waals surface area contributed by atoms with Crippen LogP contribution >= 0.6 is 23.2 Å². The third-order valence-corrected chi connectivity index (χ3v) is 5.79. The number of amides is 1. The number of hydrogen-bond donors (Lipinski definition) is 1. The highest BCUT2D eigenvalue weighted by Crippen LogP contribution is 2.29. The largest absolute Gasteiger partial charge is 0.342 e. The number of rotatable bonds is 5. The van der Waals surface area contributed by atoms with Crippen molar-refractivity contribution in [3.63, 3.8) is 0 Å². The van der Waals surface area contributed by atoms with Crippen LogP contribution in [0.1, 0.15) is 40.3 Å². The number of nitrogens with one attached hydrogen (secondary N) is 1. The van der Waals surface area contributed by atoms with Gasteiger partial charge in [0.05, 0.1) is 23.6 Å². The molecule has 0 saturated heterocycles. The minimum Gasteiger partial charge on any atom is -0.342 e. The van der Waals surface area contributed by atoms with E-state index in [1.54, 1.807) is 0 Å². The highest BCUT2D eigenvalue weighted by molar-refractivity contribution is 6.36. The third-order valence-electron chi connectivity index (χ3n) is 5.08. The Hall–Kier alpha value is -2.82. The normalized spacial score (nSPS) is 12.1. The van der Waals surface area contributed by atoms with Crippen molar-refractivity contribution >= 4 is 40.1 Å². The third kappa shape index (κ3) is 4.07. The van der Waals surface area contributed by atoms with Crippen LogP contribution in [0.2, 0.25) is 10.0 Å².